The minimum atomic E-state index is -1.07. The van der Waals surface area contributed by atoms with Crippen LogP contribution in [0.2, 0.25) is 0 Å². The molecule has 0 spiro atoms. The number of halogens is 1. The maximum atomic E-state index is 14.0. The van der Waals surface area contributed by atoms with Crippen molar-refractivity contribution in [2.24, 2.45) is 0 Å². The van der Waals surface area contributed by atoms with Gasteiger partial charge in [0.1, 0.15) is 41.7 Å². The number of nitrogens with one attached hydrogen (secondary N) is 1. The van der Waals surface area contributed by atoms with Gasteiger partial charge in [-0.2, -0.15) is 5.10 Å². The minimum Gasteiger partial charge on any atom is -0.483 e. The molecule has 3 N–H and O–H groups in total. The number of hydrogen-bond acceptors (Lipinski definition) is 8. The zero-order chi connectivity index (χ0) is 21.7. The summed E-state index contributed by atoms with van der Waals surface area (Å²) in [5.41, 5.74) is 1.48. The summed E-state index contributed by atoms with van der Waals surface area (Å²) in [4.78, 5) is 15.7. The zero-order valence-electron chi connectivity index (χ0n) is 16.4. The maximum absolute atomic E-state index is 14.0. The molecule has 5 rings (SSSR count). The van der Waals surface area contributed by atoms with Crippen molar-refractivity contribution in [1.29, 1.82) is 0 Å². The van der Waals surface area contributed by atoms with Crippen molar-refractivity contribution in [1.82, 2.24) is 14.6 Å². The second-order valence-corrected chi connectivity index (χ2v) is 7.46. The number of rotatable bonds is 5. The number of carbonyl (C=O) groups is 1. The number of aryl methyl sites for hydroxylation is 1. The standard InChI is InChI=1S/C20H19FN4O6/c1-9-11(20(27)28)5-25-16(9)19(22-8-23-25)24-12-3-2-10(21)4-14(12)31-15-7-30-17-13(26)6-29-18(15)17/h2-5,8,13,15,17-18,26H,6-7H2,1H3,(H,27,28)(H,22,23,24). The molecule has 4 unspecified atom stereocenters. The number of ether oxygens (including phenoxy) is 3. The van der Waals surface area contributed by atoms with Crippen LogP contribution in [0, 0.1) is 12.7 Å². The summed E-state index contributed by atoms with van der Waals surface area (Å²) >= 11 is 0. The number of hydrogen-bond donors (Lipinski definition) is 3. The first-order valence-corrected chi connectivity index (χ1v) is 9.63. The molecule has 31 heavy (non-hydrogen) atoms. The number of fused-ring (bicyclic) bond motifs is 2. The Balaban J connectivity index is 1.48. The van der Waals surface area contributed by atoms with E-state index in [1.807, 2.05) is 0 Å². The number of benzene rings is 1. The molecule has 2 aliphatic rings. The Bertz CT molecular complexity index is 1170. The lowest BCUT2D eigenvalue weighted by Gasteiger charge is -2.20. The number of aliphatic hydroxyl groups is 1. The van der Waals surface area contributed by atoms with E-state index in [9.17, 15) is 19.4 Å². The van der Waals surface area contributed by atoms with Crippen LogP contribution in [0.1, 0.15) is 15.9 Å². The van der Waals surface area contributed by atoms with Gasteiger partial charge in [0.05, 0.1) is 24.5 Å². The van der Waals surface area contributed by atoms with E-state index in [-0.39, 0.29) is 24.5 Å². The molecule has 162 valence electrons. The lowest BCUT2D eigenvalue weighted by molar-refractivity contribution is 0.00871. The Kier molecular flexibility index (Phi) is 4.73. The van der Waals surface area contributed by atoms with Crippen LogP contribution in [0.25, 0.3) is 5.52 Å². The Labute approximate surface area is 175 Å². The molecule has 2 saturated heterocycles. The third kappa shape index (κ3) is 3.36. The Morgan fingerprint density at radius 2 is 2.13 bits per heavy atom. The molecule has 0 saturated carbocycles. The van der Waals surface area contributed by atoms with Crippen molar-refractivity contribution in [3.05, 3.63) is 47.7 Å². The van der Waals surface area contributed by atoms with E-state index in [2.05, 4.69) is 15.4 Å². The fraction of sp³-hybridized carbons (Fsp3) is 0.350. The summed E-state index contributed by atoms with van der Waals surface area (Å²) < 4.78 is 32.5. The molecule has 11 heteroatoms. The zero-order valence-corrected chi connectivity index (χ0v) is 16.4. The fourth-order valence-electron chi connectivity index (χ4n) is 4.00. The molecule has 0 bridgehead atoms. The molecule has 2 aliphatic heterocycles. The minimum absolute atomic E-state index is 0.102. The van der Waals surface area contributed by atoms with Crippen molar-refractivity contribution >= 4 is 23.0 Å². The van der Waals surface area contributed by atoms with Gasteiger partial charge in [0, 0.05) is 12.3 Å². The van der Waals surface area contributed by atoms with Crippen LogP contribution in [-0.4, -0.2) is 68.4 Å². The summed E-state index contributed by atoms with van der Waals surface area (Å²) in [5, 5.41) is 26.5. The molecule has 0 amide bonds. The SMILES string of the molecule is Cc1c(C(=O)O)cn2ncnc(Nc3ccc(F)cc3OC3COC4C(O)COC34)c12. The predicted octanol–water partition coefficient (Wildman–Crippen LogP) is 1.52. The van der Waals surface area contributed by atoms with Crippen LogP contribution in [0.3, 0.4) is 0 Å². The molecule has 4 heterocycles. The molecule has 2 aromatic heterocycles. The maximum Gasteiger partial charge on any atom is 0.337 e. The first-order chi connectivity index (χ1) is 14.9. The Morgan fingerprint density at radius 1 is 1.32 bits per heavy atom. The Hall–Kier alpha value is -3.28. The van der Waals surface area contributed by atoms with Gasteiger partial charge >= 0.3 is 5.97 Å². The molecule has 4 atom stereocenters. The van der Waals surface area contributed by atoms with Crippen molar-refractivity contribution in [3.8, 4) is 5.75 Å². The van der Waals surface area contributed by atoms with Gasteiger partial charge in [-0.15, -0.1) is 0 Å². The van der Waals surface area contributed by atoms with Gasteiger partial charge in [-0.05, 0) is 24.6 Å². The fourth-order valence-corrected chi connectivity index (χ4v) is 4.00. The summed E-state index contributed by atoms with van der Waals surface area (Å²) in [7, 11) is 0. The highest BCUT2D eigenvalue weighted by molar-refractivity contribution is 5.94. The summed E-state index contributed by atoms with van der Waals surface area (Å²) in [6.07, 6.45) is 0.508. The van der Waals surface area contributed by atoms with Crippen molar-refractivity contribution in [2.75, 3.05) is 18.5 Å². The van der Waals surface area contributed by atoms with Gasteiger partial charge < -0.3 is 29.7 Å². The smallest absolute Gasteiger partial charge is 0.337 e. The van der Waals surface area contributed by atoms with Crippen LogP contribution in [0.15, 0.2) is 30.7 Å². The van der Waals surface area contributed by atoms with E-state index >= 15 is 0 Å². The lowest BCUT2D eigenvalue weighted by atomic mass is 10.1. The van der Waals surface area contributed by atoms with Crippen molar-refractivity contribution in [2.45, 2.75) is 31.3 Å². The molecule has 1 aromatic carbocycles. The van der Waals surface area contributed by atoms with Crippen LogP contribution in [-0.2, 0) is 9.47 Å². The quantitative estimate of drug-likeness (QED) is 0.552. The largest absolute Gasteiger partial charge is 0.483 e. The average Bonchev–Trinajstić information content (AvgIpc) is 3.40. The molecule has 0 aliphatic carbocycles. The molecule has 2 fully saturated rings. The van der Waals surface area contributed by atoms with Gasteiger partial charge in [-0.1, -0.05) is 0 Å². The van der Waals surface area contributed by atoms with E-state index in [1.54, 1.807) is 6.92 Å². The first kappa shape index (κ1) is 19.7. The molecular formula is C20H19FN4O6. The van der Waals surface area contributed by atoms with E-state index in [1.165, 1.54) is 35.2 Å². The Morgan fingerprint density at radius 3 is 2.94 bits per heavy atom. The number of anilines is 2. The normalized spacial score (nSPS) is 25.0. The average molecular weight is 430 g/mol. The highest BCUT2D eigenvalue weighted by atomic mass is 19.1. The van der Waals surface area contributed by atoms with Crippen molar-refractivity contribution in [3.63, 3.8) is 0 Å². The second kappa shape index (κ2) is 7.45. The van der Waals surface area contributed by atoms with E-state index in [0.717, 1.165) is 0 Å². The van der Waals surface area contributed by atoms with E-state index < -0.39 is 36.2 Å². The monoisotopic (exact) mass is 430 g/mol. The van der Waals surface area contributed by atoms with Gasteiger partial charge in [0.2, 0.25) is 0 Å². The lowest BCUT2D eigenvalue weighted by Crippen LogP contribution is -2.34. The molecule has 3 aromatic rings. The third-order valence-electron chi connectivity index (χ3n) is 5.51. The summed E-state index contributed by atoms with van der Waals surface area (Å²) in [6.45, 7) is 2.01. The van der Waals surface area contributed by atoms with Crippen LogP contribution < -0.4 is 10.1 Å². The molecule has 0 radical (unpaired) electrons. The second-order valence-electron chi connectivity index (χ2n) is 7.46. The van der Waals surface area contributed by atoms with Crippen LogP contribution >= 0.6 is 0 Å². The molecule has 10 nitrogen and oxygen atoms in total. The summed E-state index contributed by atoms with van der Waals surface area (Å²) in [6, 6.07) is 4.00. The number of aliphatic hydroxyl groups excluding tert-OH is 1. The van der Waals surface area contributed by atoms with Gasteiger partial charge in [-0.3, -0.25) is 0 Å². The number of aromatic carboxylic acids is 1. The van der Waals surface area contributed by atoms with E-state index in [4.69, 9.17) is 14.2 Å². The highest BCUT2D eigenvalue weighted by Crippen LogP contribution is 2.35. The first-order valence-electron chi connectivity index (χ1n) is 9.63. The number of carboxylic acid groups (broad SMARTS) is 1. The number of aromatic nitrogens is 3. The van der Waals surface area contributed by atoms with Gasteiger partial charge in [0.25, 0.3) is 0 Å². The number of nitrogens with zero attached hydrogens (tertiary/aromatic N) is 3. The predicted molar refractivity (Wildman–Crippen MR) is 104 cm³/mol. The van der Waals surface area contributed by atoms with Crippen LogP contribution in [0.5, 0.6) is 5.75 Å². The number of carboxylic acids is 1. The van der Waals surface area contributed by atoms with Gasteiger partial charge in [-0.25, -0.2) is 18.7 Å². The van der Waals surface area contributed by atoms with E-state index in [0.29, 0.717) is 22.6 Å². The summed E-state index contributed by atoms with van der Waals surface area (Å²) in [5.74, 6) is -1.03. The third-order valence-corrected chi connectivity index (χ3v) is 5.51. The highest BCUT2D eigenvalue weighted by Gasteiger charge is 2.48. The topological polar surface area (TPSA) is 127 Å². The molecular weight excluding hydrogens is 411 g/mol. The van der Waals surface area contributed by atoms with Crippen LogP contribution in [0.4, 0.5) is 15.9 Å². The van der Waals surface area contributed by atoms with Gasteiger partial charge in [0.15, 0.2) is 11.9 Å². The van der Waals surface area contributed by atoms with Crippen molar-refractivity contribution < 1.29 is 33.6 Å².